The number of carbonyl (C=O) groups is 1. The third-order valence-corrected chi connectivity index (χ3v) is 1.79. The first-order valence-electron chi connectivity index (χ1n) is 3.64. The average Bonchev–Trinajstić information content (AvgIpc) is 2.04. The van der Waals surface area contributed by atoms with E-state index in [-0.39, 0.29) is 5.78 Å². The van der Waals surface area contributed by atoms with Gasteiger partial charge >= 0.3 is 0 Å². The van der Waals surface area contributed by atoms with Gasteiger partial charge in [0.2, 0.25) is 6.04 Å². The molecular formula is C8H9NO3. The molecule has 0 aromatic rings. The maximum absolute atomic E-state index is 10.9. The van der Waals surface area contributed by atoms with Gasteiger partial charge in [-0.3, -0.25) is 14.9 Å². The van der Waals surface area contributed by atoms with Crippen molar-refractivity contribution in [3.05, 3.63) is 33.9 Å². The highest BCUT2D eigenvalue weighted by Crippen LogP contribution is 2.16. The second kappa shape index (κ2) is 3.30. The predicted octanol–water partition coefficient (Wildman–Crippen LogP) is 1.11. The lowest BCUT2D eigenvalue weighted by molar-refractivity contribution is -0.510. The smallest absolute Gasteiger partial charge is 0.244 e. The summed E-state index contributed by atoms with van der Waals surface area (Å²) in [5.74, 6) is -0.221. The normalized spacial score (nSPS) is 21.8. The number of rotatable bonds is 2. The van der Waals surface area contributed by atoms with Crippen molar-refractivity contribution in [1.29, 1.82) is 0 Å². The Labute approximate surface area is 69.7 Å². The van der Waals surface area contributed by atoms with Crippen molar-refractivity contribution in [3.63, 3.8) is 0 Å². The summed E-state index contributed by atoms with van der Waals surface area (Å²) in [6.45, 7) is 1.35. The minimum absolute atomic E-state index is 0.221. The highest BCUT2D eigenvalue weighted by molar-refractivity contribution is 5.94. The first-order valence-corrected chi connectivity index (χ1v) is 3.64. The Morgan fingerprint density at radius 3 is 2.83 bits per heavy atom. The Kier molecular flexibility index (Phi) is 2.38. The van der Waals surface area contributed by atoms with Gasteiger partial charge in [0.1, 0.15) is 0 Å². The fraction of sp³-hybridized carbons (Fsp3) is 0.375. The van der Waals surface area contributed by atoms with Gasteiger partial charge in [0.25, 0.3) is 0 Å². The third-order valence-electron chi connectivity index (χ3n) is 1.79. The van der Waals surface area contributed by atoms with Crippen LogP contribution in [0.25, 0.3) is 0 Å². The summed E-state index contributed by atoms with van der Waals surface area (Å²) < 4.78 is 0. The van der Waals surface area contributed by atoms with Crippen LogP contribution in [-0.4, -0.2) is 16.7 Å². The Morgan fingerprint density at radius 2 is 2.42 bits per heavy atom. The van der Waals surface area contributed by atoms with E-state index in [1.165, 1.54) is 13.0 Å². The van der Waals surface area contributed by atoms with Gasteiger partial charge in [0, 0.05) is 11.3 Å². The van der Waals surface area contributed by atoms with Gasteiger partial charge in [-0.05, 0) is 13.0 Å². The maximum atomic E-state index is 10.9. The van der Waals surface area contributed by atoms with Crippen molar-refractivity contribution >= 4 is 5.78 Å². The average molecular weight is 167 g/mol. The monoisotopic (exact) mass is 167 g/mol. The molecule has 4 heteroatoms. The summed E-state index contributed by atoms with van der Waals surface area (Å²) >= 11 is 0. The number of hydrogen-bond acceptors (Lipinski definition) is 3. The van der Waals surface area contributed by atoms with Crippen molar-refractivity contribution in [2.24, 2.45) is 0 Å². The number of nitro groups is 1. The highest BCUT2D eigenvalue weighted by atomic mass is 16.6. The van der Waals surface area contributed by atoms with E-state index < -0.39 is 11.0 Å². The van der Waals surface area contributed by atoms with E-state index in [0.29, 0.717) is 12.0 Å². The number of carbonyl (C=O) groups excluding carboxylic acids is 1. The van der Waals surface area contributed by atoms with Crippen LogP contribution in [0.4, 0.5) is 0 Å². The second-order valence-electron chi connectivity index (χ2n) is 2.64. The molecule has 1 rings (SSSR count). The van der Waals surface area contributed by atoms with Crippen molar-refractivity contribution in [3.8, 4) is 0 Å². The van der Waals surface area contributed by atoms with E-state index in [2.05, 4.69) is 0 Å². The minimum atomic E-state index is -0.840. The van der Waals surface area contributed by atoms with E-state index in [1.807, 2.05) is 0 Å². The number of allylic oxidation sites excluding steroid dienone is 2. The SMILES string of the molecule is CC(=O)C1=CC=CCC1[N+](=O)[O-]. The molecule has 1 aliphatic rings. The van der Waals surface area contributed by atoms with E-state index in [4.69, 9.17) is 0 Å². The Bertz CT molecular complexity index is 278. The number of nitrogens with zero attached hydrogens (tertiary/aromatic N) is 1. The molecule has 0 radical (unpaired) electrons. The molecule has 1 atom stereocenters. The number of Topliss-reactive ketones (excluding diaryl/α,β-unsaturated/α-hetero) is 1. The molecule has 0 amide bonds. The van der Waals surface area contributed by atoms with E-state index in [9.17, 15) is 14.9 Å². The molecule has 64 valence electrons. The molecule has 0 saturated carbocycles. The first kappa shape index (κ1) is 8.64. The van der Waals surface area contributed by atoms with Crippen LogP contribution in [0.2, 0.25) is 0 Å². The topological polar surface area (TPSA) is 60.2 Å². The van der Waals surface area contributed by atoms with Gasteiger partial charge in [-0.15, -0.1) is 0 Å². The number of hydrogen-bond donors (Lipinski definition) is 0. The van der Waals surface area contributed by atoms with E-state index in [0.717, 1.165) is 0 Å². The highest BCUT2D eigenvalue weighted by Gasteiger charge is 2.28. The van der Waals surface area contributed by atoms with Crippen LogP contribution in [0.3, 0.4) is 0 Å². The van der Waals surface area contributed by atoms with Gasteiger partial charge < -0.3 is 0 Å². The minimum Gasteiger partial charge on any atom is -0.295 e. The Hall–Kier alpha value is -1.45. The van der Waals surface area contributed by atoms with Crippen LogP contribution in [0.5, 0.6) is 0 Å². The van der Waals surface area contributed by atoms with Gasteiger partial charge in [-0.2, -0.15) is 0 Å². The zero-order chi connectivity index (χ0) is 9.14. The zero-order valence-corrected chi connectivity index (χ0v) is 6.69. The summed E-state index contributed by atoms with van der Waals surface area (Å²) in [6.07, 6.45) is 5.20. The Morgan fingerprint density at radius 1 is 1.75 bits per heavy atom. The predicted molar refractivity (Wildman–Crippen MR) is 43.3 cm³/mol. The fourth-order valence-corrected chi connectivity index (χ4v) is 1.17. The summed E-state index contributed by atoms with van der Waals surface area (Å²) in [7, 11) is 0. The largest absolute Gasteiger partial charge is 0.295 e. The van der Waals surface area contributed by atoms with Crippen LogP contribution in [-0.2, 0) is 4.79 Å². The van der Waals surface area contributed by atoms with Gasteiger partial charge in [-0.25, -0.2) is 0 Å². The molecule has 1 aliphatic carbocycles. The van der Waals surface area contributed by atoms with Crippen molar-refractivity contribution in [2.75, 3.05) is 0 Å². The fourth-order valence-electron chi connectivity index (χ4n) is 1.17. The van der Waals surface area contributed by atoms with Crippen LogP contribution in [0, 0.1) is 10.1 Å². The lowest BCUT2D eigenvalue weighted by atomic mass is 9.97. The van der Waals surface area contributed by atoms with Crippen LogP contribution in [0.15, 0.2) is 23.8 Å². The standard InChI is InChI=1S/C8H9NO3/c1-6(10)7-4-2-3-5-8(7)9(11)12/h2-4,8H,5H2,1H3. The van der Waals surface area contributed by atoms with Gasteiger partial charge in [0.15, 0.2) is 5.78 Å². The van der Waals surface area contributed by atoms with E-state index in [1.54, 1.807) is 12.2 Å². The molecule has 0 heterocycles. The van der Waals surface area contributed by atoms with Crippen LogP contribution >= 0.6 is 0 Å². The molecule has 4 nitrogen and oxygen atoms in total. The lowest BCUT2D eigenvalue weighted by Gasteiger charge is -2.11. The molecular weight excluding hydrogens is 158 g/mol. The third kappa shape index (κ3) is 1.58. The zero-order valence-electron chi connectivity index (χ0n) is 6.69. The summed E-state index contributed by atoms with van der Waals surface area (Å²) in [4.78, 5) is 20.9. The second-order valence-corrected chi connectivity index (χ2v) is 2.64. The maximum Gasteiger partial charge on any atom is 0.244 e. The summed E-state index contributed by atoms with van der Waals surface area (Å²) in [5.41, 5.74) is 0.294. The molecule has 0 saturated heterocycles. The summed E-state index contributed by atoms with van der Waals surface area (Å²) in [5, 5.41) is 10.4. The molecule has 1 unspecified atom stereocenters. The van der Waals surface area contributed by atoms with Crippen molar-refractivity contribution in [2.45, 2.75) is 19.4 Å². The van der Waals surface area contributed by atoms with E-state index >= 15 is 0 Å². The molecule has 0 spiro atoms. The molecule has 0 aromatic heterocycles. The molecule has 0 N–H and O–H groups in total. The van der Waals surface area contributed by atoms with Gasteiger partial charge in [-0.1, -0.05) is 12.2 Å². The van der Waals surface area contributed by atoms with Crippen LogP contribution in [0.1, 0.15) is 13.3 Å². The van der Waals surface area contributed by atoms with Crippen molar-refractivity contribution < 1.29 is 9.72 Å². The molecule has 0 fully saturated rings. The lowest BCUT2D eigenvalue weighted by Crippen LogP contribution is -2.26. The number of ketones is 1. The molecule has 0 aromatic carbocycles. The van der Waals surface area contributed by atoms with Gasteiger partial charge in [0.05, 0.1) is 5.57 Å². The van der Waals surface area contributed by atoms with Crippen molar-refractivity contribution in [1.82, 2.24) is 0 Å². The Balaban J connectivity index is 2.91. The molecule has 0 bridgehead atoms. The quantitative estimate of drug-likeness (QED) is 0.457. The first-order chi connectivity index (χ1) is 5.63. The molecule has 12 heavy (non-hydrogen) atoms. The van der Waals surface area contributed by atoms with Crippen LogP contribution < -0.4 is 0 Å². The summed E-state index contributed by atoms with van der Waals surface area (Å²) in [6, 6.07) is -0.840. The molecule has 0 aliphatic heterocycles.